The van der Waals surface area contributed by atoms with Gasteiger partial charge in [-0.2, -0.15) is 0 Å². The Morgan fingerprint density at radius 3 is 2.59 bits per heavy atom. The first-order valence-electron chi connectivity index (χ1n) is 5.80. The van der Waals surface area contributed by atoms with E-state index in [1.165, 1.54) is 12.1 Å². The van der Waals surface area contributed by atoms with Gasteiger partial charge >= 0.3 is 0 Å². The second kappa shape index (κ2) is 7.51. The fraction of sp³-hybridized carbons (Fsp3) is 0.538. The van der Waals surface area contributed by atoms with Gasteiger partial charge in [0, 0.05) is 11.6 Å². The Labute approximate surface area is 108 Å². The molecule has 0 aliphatic carbocycles. The maximum atomic E-state index is 13.2. The summed E-state index contributed by atoms with van der Waals surface area (Å²) < 4.78 is 13.2. The highest BCUT2D eigenvalue weighted by Crippen LogP contribution is 2.30. The molecule has 4 heteroatoms. The van der Waals surface area contributed by atoms with Gasteiger partial charge in [-0.15, -0.1) is 12.4 Å². The van der Waals surface area contributed by atoms with Crippen LogP contribution in [0.4, 0.5) is 4.39 Å². The summed E-state index contributed by atoms with van der Waals surface area (Å²) >= 11 is 0. The Bertz CT molecular complexity index is 358. The highest BCUT2D eigenvalue weighted by atomic mass is 35.5. The quantitative estimate of drug-likeness (QED) is 0.791. The lowest BCUT2D eigenvalue weighted by Crippen LogP contribution is -2.11. The molecule has 0 saturated heterocycles. The van der Waals surface area contributed by atoms with Crippen molar-refractivity contribution < 1.29 is 9.50 Å². The number of aryl methyl sites for hydroxylation is 1. The van der Waals surface area contributed by atoms with Gasteiger partial charge in [0.25, 0.3) is 0 Å². The number of nitrogens with two attached hydrogens (primary N) is 1. The van der Waals surface area contributed by atoms with Crippen LogP contribution in [0, 0.1) is 12.7 Å². The van der Waals surface area contributed by atoms with E-state index in [-0.39, 0.29) is 30.0 Å². The fourth-order valence-electron chi connectivity index (χ4n) is 1.81. The second-order valence-corrected chi connectivity index (χ2v) is 4.26. The molecule has 0 spiro atoms. The SMILES string of the molecule is CCCCC[C@H](N)c1cc(F)cc(C)c1O.Cl. The van der Waals surface area contributed by atoms with Crippen molar-refractivity contribution in [2.45, 2.75) is 45.6 Å². The largest absolute Gasteiger partial charge is 0.507 e. The molecule has 0 bridgehead atoms. The monoisotopic (exact) mass is 261 g/mol. The van der Waals surface area contributed by atoms with E-state index in [2.05, 4.69) is 6.92 Å². The number of hydrogen-bond donors (Lipinski definition) is 2. The van der Waals surface area contributed by atoms with Crippen molar-refractivity contribution in [2.24, 2.45) is 5.73 Å². The van der Waals surface area contributed by atoms with Crippen LogP contribution in [-0.4, -0.2) is 5.11 Å². The van der Waals surface area contributed by atoms with E-state index < -0.39 is 0 Å². The lowest BCUT2D eigenvalue weighted by Gasteiger charge is -2.15. The Balaban J connectivity index is 0.00000256. The van der Waals surface area contributed by atoms with Crippen molar-refractivity contribution in [1.29, 1.82) is 0 Å². The number of hydrogen-bond acceptors (Lipinski definition) is 2. The maximum absolute atomic E-state index is 13.2. The highest BCUT2D eigenvalue weighted by Gasteiger charge is 2.13. The van der Waals surface area contributed by atoms with Crippen LogP contribution in [0.2, 0.25) is 0 Å². The summed E-state index contributed by atoms with van der Waals surface area (Å²) in [5.41, 5.74) is 7.01. The summed E-state index contributed by atoms with van der Waals surface area (Å²) in [6.07, 6.45) is 4.03. The third-order valence-electron chi connectivity index (χ3n) is 2.81. The van der Waals surface area contributed by atoms with Crippen LogP contribution in [-0.2, 0) is 0 Å². The normalized spacial score (nSPS) is 12.0. The average Bonchev–Trinajstić information content (AvgIpc) is 2.23. The summed E-state index contributed by atoms with van der Waals surface area (Å²) in [4.78, 5) is 0. The van der Waals surface area contributed by atoms with Crippen molar-refractivity contribution in [3.05, 3.63) is 29.1 Å². The summed E-state index contributed by atoms with van der Waals surface area (Å²) in [5.74, 6) is -0.207. The van der Waals surface area contributed by atoms with Crippen LogP contribution in [0.5, 0.6) is 5.75 Å². The zero-order valence-corrected chi connectivity index (χ0v) is 11.2. The molecule has 0 aromatic heterocycles. The summed E-state index contributed by atoms with van der Waals surface area (Å²) in [6.45, 7) is 3.80. The van der Waals surface area contributed by atoms with E-state index in [9.17, 15) is 9.50 Å². The van der Waals surface area contributed by atoms with Crippen LogP contribution in [0.1, 0.15) is 49.8 Å². The van der Waals surface area contributed by atoms with E-state index in [0.717, 1.165) is 25.7 Å². The number of phenols is 1. The number of phenolic OH excluding ortho intramolecular Hbond substituents is 1. The minimum atomic E-state index is -0.337. The molecule has 1 atom stereocenters. The molecule has 0 fully saturated rings. The predicted molar refractivity (Wildman–Crippen MR) is 71.1 cm³/mol. The lowest BCUT2D eigenvalue weighted by atomic mass is 9.98. The van der Waals surface area contributed by atoms with Gasteiger partial charge in [0.15, 0.2) is 0 Å². The maximum Gasteiger partial charge on any atom is 0.124 e. The molecule has 98 valence electrons. The van der Waals surface area contributed by atoms with Crippen molar-refractivity contribution >= 4 is 12.4 Å². The van der Waals surface area contributed by atoms with E-state index in [1.807, 2.05) is 0 Å². The molecule has 0 aliphatic heterocycles. The van der Waals surface area contributed by atoms with Crippen LogP contribution in [0.25, 0.3) is 0 Å². The summed E-state index contributed by atoms with van der Waals surface area (Å²) in [7, 11) is 0. The lowest BCUT2D eigenvalue weighted by molar-refractivity contribution is 0.448. The zero-order chi connectivity index (χ0) is 12.1. The Hall–Kier alpha value is -0.800. The zero-order valence-electron chi connectivity index (χ0n) is 10.4. The first-order chi connectivity index (χ1) is 7.56. The van der Waals surface area contributed by atoms with Crippen molar-refractivity contribution in [1.82, 2.24) is 0 Å². The second-order valence-electron chi connectivity index (χ2n) is 4.26. The number of unbranched alkanes of at least 4 members (excludes halogenated alkanes) is 2. The Morgan fingerprint density at radius 2 is 2.00 bits per heavy atom. The number of benzene rings is 1. The minimum absolute atomic E-state index is 0. The van der Waals surface area contributed by atoms with E-state index >= 15 is 0 Å². The molecule has 17 heavy (non-hydrogen) atoms. The first-order valence-corrected chi connectivity index (χ1v) is 5.80. The molecule has 0 amide bonds. The van der Waals surface area contributed by atoms with Gasteiger partial charge in [-0.1, -0.05) is 26.2 Å². The third-order valence-corrected chi connectivity index (χ3v) is 2.81. The molecule has 0 aliphatic rings. The summed E-state index contributed by atoms with van der Waals surface area (Å²) in [5, 5.41) is 9.80. The molecule has 0 saturated carbocycles. The van der Waals surface area contributed by atoms with Crippen molar-refractivity contribution in [2.75, 3.05) is 0 Å². The Kier molecular flexibility index (Phi) is 7.16. The van der Waals surface area contributed by atoms with Gasteiger partial charge in [-0.3, -0.25) is 0 Å². The van der Waals surface area contributed by atoms with Crippen LogP contribution < -0.4 is 5.73 Å². The minimum Gasteiger partial charge on any atom is -0.507 e. The Morgan fingerprint density at radius 1 is 1.35 bits per heavy atom. The van der Waals surface area contributed by atoms with Gasteiger partial charge in [-0.05, 0) is 31.0 Å². The summed E-state index contributed by atoms with van der Waals surface area (Å²) in [6, 6.07) is 2.37. The van der Waals surface area contributed by atoms with Gasteiger partial charge in [-0.25, -0.2) is 4.39 Å². The molecule has 1 aromatic rings. The number of rotatable bonds is 5. The van der Waals surface area contributed by atoms with E-state index in [4.69, 9.17) is 5.73 Å². The molecule has 1 aromatic carbocycles. The number of halogens is 2. The molecular weight excluding hydrogens is 241 g/mol. The first kappa shape index (κ1) is 16.2. The highest BCUT2D eigenvalue weighted by molar-refractivity contribution is 5.85. The molecular formula is C13H21ClFNO. The topological polar surface area (TPSA) is 46.2 Å². The van der Waals surface area contributed by atoms with E-state index in [1.54, 1.807) is 6.92 Å². The molecule has 1 rings (SSSR count). The standard InChI is InChI=1S/C13H20FNO.ClH/c1-3-4-5-6-12(15)11-8-10(14)7-9(2)13(11)16;/h7-8,12,16H,3-6,15H2,1-2H3;1H/t12-;/m0./s1. The van der Waals surface area contributed by atoms with Crippen LogP contribution in [0.3, 0.4) is 0 Å². The molecule has 2 nitrogen and oxygen atoms in total. The smallest absolute Gasteiger partial charge is 0.124 e. The van der Waals surface area contributed by atoms with Crippen LogP contribution in [0.15, 0.2) is 12.1 Å². The van der Waals surface area contributed by atoms with Gasteiger partial charge in [0.2, 0.25) is 0 Å². The molecule has 0 unspecified atom stereocenters. The molecule has 0 radical (unpaired) electrons. The van der Waals surface area contributed by atoms with Gasteiger partial charge in [0.1, 0.15) is 11.6 Å². The molecule has 3 N–H and O–H groups in total. The third kappa shape index (κ3) is 4.52. The number of aromatic hydroxyl groups is 1. The molecule has 0 heterocycles. The predicted octanol–water partition coefficient (Wildman–Crippen LogP) is 3.84. The van der Waals surface area contributed by atoms with Gasteiger partial charge < -0.3 is 10.8 Å². The fourth-order valence-corrected chi connectivity index (χ4v) is 1.81. The van der Waals surface area contributed by atoms with Crippen molar-refractivity contribution in [3.8, 4) is 5.75 Å². The average molecular weight is 262 g/mol. The van der Waals surface area contributed by atoms with E-state index in [0.29, 0.717) is 11.1 Å². The van der Waals surface area contributed by atoms with Gasteiger partial charge in [0.05, 0.1) is 0 Å². The van der Waals surface area contributed by atoms with Crippen molar-refractivity contribution in [3.63, 3.8) is 0 Å². The van der Waals surface area contributed by atoms with Crippen LogP contribution >= 0.6 is 12.4 Å².